The minimum Gasteiger partial charge on any atom is -0.373 e. The number of rotatable bonds is 4. The van der Waals surface area contributed by atoms with Gasteiger partial charge >= 0.3 is 0 Å². The molecule has 4 N–H and O–H groups in total. The fraction of sp³-hybridized carbons (Fsp3) is 0.214. The maximum atomic E-state index is 11.6. The summed E-state index contributed by atoms with van der Waals surface area (Å²) in [4.78, 5) is 11.6. The molecule has 0 fully saturated rings. The molecule has 2 aromatic carbocycles. The average molecular weight is 243 g/mol. The molecule has 4 nitrogen and oxygen atoms in total. The van der Waals surface area contributed by atoms with Crippen molar-refractivity contribution in [1.29, 1.82) is 0 Å². The Labute approximate surface area is 106 Å². The van der Waals surface area contributed by atoms with Crippen molar-refractivity contribution < 1.29 is 4.79 Å². The fourth-order valence-corrected chi connectivity index (χ4v) is 1.99. The van der Waals surface area contributed by atoms with Crippen molar-refractivity contribution >= 4 is 22.4 Å². The molecule has 0 aromatic heterocycles. The van der Waals surface area contributed by atoms with Crippen molar-refractivity contribution in [2.24, 2.45) is 5.84 Å². The Kier molecular flexibility index (Phi) is 3.79. The zero-order valence-corrected chi connectivity index (χ0v) is 10.3. The van der Waals surface area contributed by atoms with Crippen molar-refractivity contribution in [1.82, 2.24) is 5.43 Å². The van der Waals surface area contributed by atoms with E-state index in [1.807, 2.05) is 49.4 Å². The number of benzene rings is 2. The Balaban J connectivity index is 2.33. The summed E-state index contributed by atoms with van der Waals surface area (Å²) in [6.07, 6.45) is 0.673. The highest BCUT2D eigenvalue weighted by Gasteiger charge is 2.15. The van der Waals surface area contributed by atoms with Crippen LogP contribution in [0, 0.1) is 0 Å². The smallest absolute Gasteiger partial charge is 0.256 e. The Morgan fingerprint density at radius 2 is 1.94 bits per heavy atom. The van der Waals surface area contributed by atoms with Crippen LogP contribution in [-0.2, 0) is 4.79 Å². The second-order valence-corrected chi connectivity index (χ2v) is 4.14. The van der Waals surface area contributed by atoms with Crippen LogP contribution in [0.15, 0.2) is 42.5 Å². The van der Waals surface area contributed by atoms with Crippen LogP contribution in [0.5, 0.6) is 0 Å². The van der Waals surface area contributed by atoms with Crippen LogP contribution < -0.4 is 16.6 Å². The first kappa shape index (κ1) is 12.4. The first-order valence-electron chi connectivity index (χ1n) is 6.01. The van der Waals surface area contributed by atoms with Gasteiger partial charge in [0.25, 0.3) is 5.91 Å². The molecule has 94 valence electrons. The summed E-state index contributed by atoms with van der Waals surface area (Å²) in [5.41, 5.74) is 3.13. The molecule has 1 atom stereocenters. The van der Waals surface area contributed by atoms with Gasteiger partial charge in [0.2, 0.25) is 0 Å². The van der Waals surface area contributed by atoms with Crippen LogP contribution >= 0.6 is 0 Å². The molecule has 2 aromatic rings. The van der Waals surface area contributed by atoms with E-state index in [1.54, 1.807) is 0 Å². The summed E-state index contributed by atoms with van der Waals surface area (Å²) < 4.78 is 0. The molecule has 0 unspecified atom stereocenters. The molecule has 0 saturated carbocycles. The van der Waals surface area contributed by atoms with Gasteiger partial charge in [-0.3, -0.25) is 10.2 Å². The lowest BCUT2D eigenvalue weighted by molar-refractivity contribution is -0.121. The second kappa shape index (κ2) is 5.51. The van der Waals surface area contributed by atoms with Crippen molar-refractivity contribution in [2.45, 2.75) is 19.4 Å². The Morgan fingerprint density at radius 1 is 1.22 bits per heavy atom. The molecule has 0 aliphatic rings. The van der Waals surface area contributed by atoms with E-state index in [9.17, 15) is 4.79 Å². The first-order valence-corrected chi connectivity index (χ1v) is 6.01. The molecule has 1 amide bonds. The molecule has 2 rings (SSSR count). The van der Waals surface area contributed by atoms with Gasteiger partial charge in [0.15, 0.2) is 0 Å². The molecule has 0 spiro atoms. The minimum atomic E-state index is -0.319. The van der Waals surface area contributed by atoms with E-state index >= 15 is 0 Å². The molecular weight excluding hydrogens is 226 g/mol. The summed E-state index contributed by atoms with van der Waals surface area (Å²) in [6.45, 7) is 1.94. The SMILES string of the molecule is CC[C@@H](Nc1cccc2ccccc12)C(=O)NN. The van der Waals surface area contributed by atoms with E-state index in [1.165, 1.54) is 0 Å². The Hall–Kier alpha value is -2.07. The summed E-state index contributed by atoms with van der Waals surface area (Å²) >= 11 is 0. The lowest BCUT2D eigenvalue weighted by Gasteiger charge is -2.17. The predicted molar refractivity (Wildman–Crippen MR) is 74.0 cm³/mol. The number of fused-ring (bicyclic) bond motifs is 1. The monoisotopic (exact) mass is 243 g/mol. The lowest BCUT2D eigenvalue weighted by Crippen LogP contribution is -2.42. The maximum Gasteiger partial charge on any atom is 0.256 e. The number of hydrazine groups is 1. The number of nitrogens with two attached hydrogens (primary N) is 1. The molecule has 0 radical (unpaired) electrons. The fourth-order valence-electron chi connectivity index (χ4n) is 1.99. The van der Waals surface area contributed by atoms with Crippen molar-refractivity contribution in [3.63, 3.8) is 0 Å². The average Bonchev–Trinajstić information content (AvgIpc) is 2.44. The number of hydrogen-bond acceptors (Lipinski definition) is 3. The van der Waals surface area contributed by atoms with E-state index in [4.69, 9.17) is 5.84 Å². The first-order chi connectivity index (χ1) is 8.76. The second-order valence-electron chi connectivity index (χ2n) is 4.14. The Morgan fingerprint density at radius 3 is 2.67 bits per heavy atom. The van der Waals surface area contributed by atoms with Gasteiger partial charge in [0, 0.05) is 11.1 Å². The number of carbonyl (C=O) groups excluding carboxylic acids is 1. The maximum absolute atomic E-state index is 11.6. The van der Waals surface area contributed by atoms with Crippen LogP contribution in [0.4, 0.5) is 5.69 Å². The molecule has 0 aliphatic carbocycles. The van der Waals surface area contributed by atoms with Gasteiger partial charge in [0.05, 0.1) is 0 Å². The van der Waals surface area contributed by atoms with Gasteiger partial charge in [-0.25, -0.2) is 5.84 Å². The van der Waals surface area contributed by atoms with Gasteiger partial charge < -0.3 is 5.32 Å². The van der Waals surface area contributed by atoms with Gasteiger partial charge in [0.1, 0.15) is 6.04 Å². The van der Waals surface area contributed by atoms with E-state index in [-0.39, 0.29) is 11.9 Å². The van der Waals surface area contributed by atoms with E-state index in [0.717, 1.165) is 16.5 Å². The molecule has 18 heavy (non-hydrogen) atoms. The minimum absolute atomic E-state index is 0.203. The molecule has 0 aliphatic heterocycles. The van der Waals surface area contributed by atoms with Crippen LogP contribution in [0.2, 0.25) is 0 Å². The van der Waals surface area contributed by atoms with Gasteiger partial charge in [-0.1, -0.05) is 43.3 Å². The molecule has 0 saturated heterocycles. The van der Waals surface area contributed by atoms with Crippen molar-refractivity contribution in [2.75, 3.05) is 5.32 Å². The molecule has 4 heteroatoms. The summed E-state index contributed by atoms with van der Waals surface area (Å²) in [7, 11) is 0. The van der Waals surface area contributed by atoms with Crippen LogP contribution in [-0.4, -0.2) is 11.9 Å². The van der Waals surface area contributed by atoms with E-state index < -0.39 is 0 Å². The normalized spacial score (nSPS) is 12.1. The third-order valence-electron chi connectivity index (χ3n) is 2.99. The van der Waals surface area contributed by atoms with Crippen LogP contribution in [0.3, 0.4) is 0 Å². The van der Waals surface area contributed by atoms with Crippen molar-refractivity contribution in [3.05, 3.63) is 42.5 Å². The van der Waals surface area contributed by atoms with Gasteiger partial charge in [-0.05, 0) is 17.9 Å². The highest BCUT2D eigenvalue weighted by Crippen LogP contribution is 2.23. The number of hydrogen-bond donors (Lipinski definition) is 3. The molecule has 0 bridgehead atoms. The third kappa shape index (κ3) is 2.43. The number of nitrogens with one attached hydrogen (secondary N) is 2. The standard InChI is InChI=1S/C14H17N3O/c1-2-12(14(18)17-15)16-13-9-5-7-10-6-3-4-8-11(10)13/h3-9,12,16H,2,15H2,1H3,(H,17,18)/t12-/m1/s1. The molecular formula is C14H17N3O. The highest BCUT2D eigenvalue weighted by atomic mass is 16.2. The number of anilines is 1. The third-order valence-corrected chi connectivity index (χ3v) is 2.99. The van der Waals surface area contributed by atoms with Crippen molar-refractivity contribution in [3.8, 4) is 0 Å². The van der Waals surface area contributed by atoms with E-state index in [0.29, 0.717) is 6.42 Å². The van der Waals surface area contributed by atoms with Crippen LogP contribution in [0.1, 0.15) is 13.3 Å². The highest BCUT2D eigenvalue weighted by molar-refractivity contribution is 5.95. The Bertz CT molecular complexity index is 548. The van der Waals surface area contributed by atoms with E-state index in [2.05, 4.69) is 10.7 Å². The largest absolute Gasteiger partial charge is 0.373 e. The number of amides is 1. The summed E-state index contributed by atoms with van der Waals surface area (Å²) in [5.74, 6) is 4.97. The molecule has 0 heterocycles. The van der Waals surface area contributed by atoms with Gasteiger partial charge in [-0.2, -0.15) is 0 Å². The lowest BCUT2D eigenvalue weighted by atomic mass is 10.1. The summed E-state index contributed by atoms with van der Waals surface area (Å²) in [5, 5.41) is 5.47. The predicted octanol–water partition coefficient (Wildman–Crippen LogP) is 2.02. The quantitative estimate of drug-likeness (QED) is 0.437. The van der Waals surface area contributed by atoms with Crippen LogP contribution in [0.25, 0.3) is 10.8 Å². The number of carbonyl (C=O) groups is 1. The summed E-state index contributed by atoms with van der Waals surface area (Å²) in [6, 6.07) is 13.7. The topological polar surface area (TPSA) is 67.2 Å². The zero-order chi connectivity index (χ0) is 13.0. The van der Waals surface area contributed by atoms with Gasteiger partial charge in [-0.15, -0.1) is 0 Å². The zero-order valence-electron chi connectivity index (χ0n) is 10.3.